The van der Waals surface area contributed by atoms with E-state index in [1.165, 1.54) is 12.8 Å². The first kappa shape index (κ1) is 13.4. The van der Waals surface area contributed by atoms with E-state index in [2.05, 4.69) is 20.8 Å². The maximum absolute atomic E-state index is 11.1. The van der Waals surface area contributed by atoms with Crippen LogP contribution < -0.4 is 4.90 Å². The van der Waals surface area contributed by atoms with Gasteiger partial charge in [0, 0.05) is 29.9 Å². The van der Waals surface area contributed by atoms with Crippen molar-refractivity contribution in [3.05, 3.63) is 28.2 Å². The van der Waals surface area contributed by atoms with Crippen molar-refractivity contribution >= 4 is 27.6 Å². The van der Waals surface area contributed by atoms with Crippen LogP contribution >= 0.6 is 15.9 Å². The molecule has 0 atom stereocenters. The molecule has 1 aromatic rings. The van der Waals surface area contributed by atoms with Gasteiger partial charge in [0.25, 0.3) is 0 Å². The molecule has 5 heteroatoms. The summed E-state index contributed by atoms with van der Waals surface area (Å²) in [6, 6.07) is 5.82. The Kier molecular flexibility index (Phi) is 4.24. The van der Waals surface area contributed by atoms with E-state index in [4.69, 9.17) is 9.84 Å². The summed E-state index contributed by atoms with van der Waals surface area (Å²) < 4.78 is 5.90. The number of anilines is 1. The van der Waals surface area contributed by atoms with Crippen molar-refractivity contribution in [2.75, 3.05) is 25.2 Å². The van der Waals surface area contributed by atoms with Crippen molar-refractivity contribution in [3.8, 4) is 0 Å². The average molecular weight is 314 g/mol. The van der Waals surface area contributed by atoms with Crippen molar-refractivity contribution in [1.82, 2.24) is 0 Å². The number of ether oxygens (including phenoxy) is 1. The molecule has 1 fully saturated rings. The number of methoxy groups -OCH3 is 1. The van der Waals surface area contributed by atoms with Crippen LogP contribution in [0.1, 0.15) is 23.2 Å². The van der Waals surface area contributed by atoms with E-state index >= 15 is 0 Å². The van der Waals surface area contributed by atoms with Gasteiger partial charge in [-0.2, -0.15) is 0 Å². The fourth-order valence-electron chi connectivity index (χ4n) is 1.96. The quantitative estimate of drug-likeness (QED) is 0.877. The molecule has 0 bridgehead atoms. The monoisotopic (exact) mass is 313 g/mol. The van der Waals surface area contributed by atoms with Gasteiger partial charge in [-0.25, -0.2) is 4.79 Å². The predicted octanol–water partition coefficient (Wildman–Crippen LogP) is 2.76. The van der Waals surface area contributed by atoms with Gasteiger partial charge in [0.2, 0.25) is 0 Å². The molecule has 4 nitrogen and oxygen atoms in total. The molecular formula is C13H16BrNO3. The van der Waals surface area contributed by atoms with Gasteiger partial charge >= 0.3 is 5.97 Å². The van der Waals surface area contributed by atoms with Gasteiger partial charge in [-0.15, -0.1) is 0 Å². The lowest BCUT2D eigenvalue weighted by Crippen LogP contribution is -2.29. The molecule has 1 N–H and O–H groups in total. The molecule has 0 spiro atoms. The first-order valence-corrected chi connectivity index (χ1v) is 6.70. The smallest absolute Gasteiger partial charge is 0.335 e. The lowest BCUT2D eigenvalue weighted by atomic mass is 10.2. The fraction of sp³-hybridized carbons (Fsp3) is 0.462. The van der Waals surface area contributed by atoms with E-state index in [-0.39, 0.29) is 0 Å². The van der Waals surface area contributed by atoms with Crippen LogP contribution in [-0.2, 0) is 4.74 Å². The molecule has 0 heterocycles. The summed E-state index contributed by atoms with van der Waals surface area (Å²) in [5, 5.41) is 9.08. The summed E-state index contributed by atoms with van der Waals surface area (Å²) in [4.78, 5) is 13.3. The van der Waals surface area contributed by atoms with Gasteiger partial charge in [0.1, 0.15) is 0 Å². The molecular weight excluding hydrogens is 298 g/mol. The second kappa shape index (κ2) is 5.71. The topological polar surface area (TPSA) is 49.8 Å². The Labute approximate surface area is 115 Å². The number of carbonyl (C=O) groups is 1. The third-order valence-corrected chi connectivity index (χ3v) is 3.44. The third-order valence-electron chi connectivity index (χ3n) is 2.99. The van der Waals surface area contributed by atoms with Crippen LogP contribution in [0, 0.1) is 0 Å². The Balaban J connectivity index is 2.25. The van der Waals surface area contributed by atoms with Crippen molar-refractivity contribution in [2.45, 2.75) is 18.9 Å². The van der Waals surface area contributed by atoms with Gasteiger partial charge in [-0.3, -0.25) is 0 Å². The number of aromatic carboxylic acids is 1. The number of carboxylic acids is 1. The van der Waals surface area contributed by atoms with Gasteiger partial charge in [-0.1, -0.05) is 15.9 Å². The highest BCUT2D eigenvalue weighted by molar-refractivity contribution is 9.10. The molecule has 1 aromatic carbocycles. The molecule has 1 aliphatic carbocycles. The summed E-state index contributed by atoms with van der Waals surface area (Å²) in [6.07, 6.45) is 2.33. The highest BCUT2D eigenvalue weighted by Gasteiger charge is 2.29. The SMILES string of the molecule is COCCN(c1cc(Br)cc(C(=O)O)c1)C1CC1. The van der Waals surface area contributed by atoms with Gasteiger partial charge in [0.05, 0.1) is 12.2 Å². The number of halogens is 1. The van der Waals surface area contributed by atoms with Crippen LogP contribution in [0.15, 0.2) is 22.7 Å². The van der Waals surface area contributed by atoms with Crippen molar-refractivity contribution < 1.29 is 14.6 Å². The van der Waals surface area contributed by atoms with Gasteiger partial charge in [-0.05, 0) is 31.0 Å². The molecule has 0 aliphatic heterocycles. The number of rotatable bonds is 6. The maximum Gasteiger partial charge on any atom is 0.335 e. The number of hydrogen-bond acceptors (Lipinski definition) is 3. The Bertz CT molecular complexity index is 446. The Morgan fingerprint density at radius 2 is 2.22 bits per heavy atom. The minimum atomic E-state index is -0.903. The summed E-state index contributed by atoms with van der Waals surface area (Å²) >= 11 is 3.37. The highest BCUT2D eigenvalue weighted by atomic mass is 79.9. The molecule has 98 valence electrons. The Morgan fingerprint density at radius 1 is 1.50 bits per heavy atom. The minimum Gasteiger partial charge on any atom is -0.478 e. The number of benzene rings is 1. The van der Waals surface area contributed by atoms with E-state index in [1.807, 2.05) is 6.07 Å². The first-order valence-electron chi connectivity index (χ1n) is 5.91. The van der Waals surface area contributed by atoms with Crippen molar-refractivity contribution in [2.24, 2.45) is 0 Å². The van der Waals surface area contributed by atoms with Crippen LogP contribution in [-0.4, -0.2) is 37.4 Å². The van der Waals surface area contributed by atoms with E-state index < -0.39 is 5.97 Å². The standard InChI is InChI=1S/C13H16BrNO3/c1-18-5-4-15(11-2-3-11)12-7-9(13(16)17)6-10(14)8-12/h6-8,11H,2-5H2,1H3,(H,16,17). The van der Waals surface area contributed by atoms with Crippen LogP contribution in [0.25, 0.3) is 0 Å². The summed E-state index contributed by atoms with van der Waals surface area (Å²) in [5.74, 6) is -0.903. The van der Waals surface area contributed by atoms with E-state index in [0.717, 1.165) is 16.7 Å². The Morgan fingerprint density at radius 3 is 2.78 bits per heavy atom. The lowest BCUT2D eigenvalue weighted by molar-refractivity contribution is 0.0697. The molecule has 1 saturated carbocycles. The number of carboxylic acid groups (broad SMARTS) is 1. The fourth-order valence-corrected chi connectivity index (χ4v) is 2.44. The normalized spacial score (nSPS) is 14.6. The largest absolute Gasteiger partial charge is 0.478 e. The van der Waals surface area contributed by atoms with Crippen LogP contribution in [0.4, 0.5) is 5.69 Å². The molecule has 0 radical (unpaired) electrons. The zero-order valence-electron chi connectivity index (χ0n) is 10.2. The maximum atomic E-state index is 11.1. The lowest BCUT2D eigenvalue weighted by Gasteiger charge is -2.25. The third kappa shape index (κ3) is 3.23. The summed E-state index contributed by atoms with van der Waals surface area (Å²) in [7, 11) is 1.68. The summed E-state index contributed by atoms with van der Waals surface area (Å²) in [5.41, 5.74) is 1.25. The van der Waals surface area contributed by atoms with Crippen LogP contribution in [0.5, 0.6) is 0 Å². The zero-order valence-corrected chi connectivity index (χ0v) is 11.8. The highest BCUT2D eigenvalue weighted by Crippen LogP contribution is 2.33. The molecule has 18 heavy (non-hydrogen) atoms. The van der Waals surface area contributed by atoms with E-state index in [9.17, 15) is 4.79 Å². The van der Waals surface area contributed by atoms with Crippen LogP contribution in [0.2, 0.25) is 0 Å². The molecule has 0 saturated heterocycles. The summed E-state index contributed by atoms with van der Waals surface area (Å²) in [6.45, 7) is 1.43. The van der Waals surface area contributed by atoms with Gasteiger partial charge in [0.15, 0.2) is 0 Å². The van der Waals surface area contributed by atoms with Crippen molar-refractivity contribution in [3.63, 3.8) is 0 Å². The van der Waals surface area contributed by atoms with Crippen LogP contribution in [0.3, 0.4) is 0 Å². The van der Waals surface area contributed by atoms with E-state index in [1.54, 1.807) is 19.2 Å². The molecule has 1 aliphatic rings. The minimum absolute atomic E-state index is 0.308. The molecule has 0 aromatic heterocycles. The zero-order chi connectivity index (χ0) is 13.1. The van der Waals surface area contributed by atoms with Gasteiger partial charge < -0.3 is 14.7 Å². The second-order valence-corrected chi connectivity index (χ2v) is 5.34. The molecule has 2 rings (SSSR count). The number of hydrogen-bond donors (Lipinski definition) is 1. The first-order chi connectivity index (χ1) is 8.61. The molecule has 0 amide bonds. The second-order valence-electron chi connectivity index (χ2n) is 4.42. The number of nitrogens with zero attached hydrogens (tertiary/aromatic N) is 1. The van der Waals surface area contributed by atoms with Crippen molar-refractivity contribution in [1.29, 1.82) is 0 Å². The van der Waals surface area contributed by atoms with E-state index in [0.29, 0.717) is 18.2 Å². The predicted molar refractivity (Wildman–Crippen MR) is 73.3 cm³/mol. The average Bonchev–Trinajstić information content (AvgIpc) is 3.13. The Hall–Kier alpha value is -1.07. The molecule has 0 unspecified atom stereocenters.